The van der Waals surface area contributed by atoms with Gasteiger partial charge < -0.3 is 10.1 Å². The van der Waals surface area contributed by atoms with E-state index in [1.807, 2.05) is 31.2 Å². The van der Waals surface area contributed by atoms with Crippen molar-refractivity contribution in [3.8, 4) is 5.75 Å². The van der Waals surface area contributed by atoms with E-state index in [0.717, 1.165) is 5.56 Å². The van der Waals surface area contributed by atoms with Gasteiger partial charge in [-0.05, 0) is 38.1 Å². The first kappa shape index (κ1) is 13.1. The Hall–Kier alpha value is -2.36. The Bertz CT molecular complexity index is 538. The molecule has 4 nitrogen and oxygen atoms in total. The van der Waals surface area contributed by atoms with Crippen molar-refractivity contribution in [3.05, 3.63) is 54.4 Å². The number of rotatable bonds is 4. The molecule has 0 aliphatic heterocycles. The summed E-state index contributed by atoms with van der Waals surface area (Å²) in [5, 5.41) is 2.77. The first-order valence-electron chi connectivity index (χ1n) is 6.09. The van der Waals surface area contributed by atoms with Crippen LogP contribution in [0.4, 0.5) is 5.69 Å². The number of carbonyl (C=O) groups excluding carboxylic acids is 1. The molecular formula is C15H16N2O2. The summed E-state index contributed by atoms with van der Waals surface area (Å²) in [6.07, 6.45) is 2.69. The summed E-state index contributed by atoms with van der Waals surface area (Å²) in [6, 6.07) is 11.1. The Morgan fingerprint density at radius 2 is 1.79 bits per heavy atom. The molecule has 1 aromatic heterocycles. The van der Waals surface area contributed by atoms with E-state index in [9.17, 15) is 4.79 Å². The molecule has 4 heteroatoms. The molecule has 2 aromatic rings. The quantitative estimate of drug-likeness (QED) is 0.915. The van der Waals surface area contributed by atoms with Crippen molar-refractivity contribution in [1.29, 1.82) is 0 Å². The minimum atomic E-state index is -0.559. The van der Waals surface area contributed by atoms with Gasteiger partial charge in [0, 0.05) is 18.1 Å². The van der Waals surface area contributed by atoms with Gasteiger partial charge in [0.05, 0.1) is 0 Å². The van der Waals surface area contributed by atoms with Gasteiger partial charge in [-0.1, -0.05) is 17.7 Å². The Kier molecular flexibility index (Phi) is 4.13. The standard InChI is InChI=1S/C15H16N2O2/c1-11-3-5-14(6-4-11)19-12(2)15(18)17-13-7-9-16-10-8-13/h3-10,12H,1-2H3,(H,16,17,18)/t12-/m1/s1. The third kappa shape index (κ3) is 3.81. The molecule has 1 amide bonds. The van der Waals surface area contributed by atoms with E-state index >= 15 is 0 Å². The van der Waals surface area contributed by atoms with Crippen molar-refractivity contribution < 1.29 is 9.53 Å². The first-order chi connectivity index (χ1) is 9.15. The number of aryl methyl sites for hydroxylation is 1. The maximum absolute atomic E-state index is 11.9. The van der Waals surface area contributed by atoms with E-state index < -0.39 is 6.10 Å². The summed E-state index contributed by atoms with van der Waals surface area (Å²) < 4.78 is 5.58. The summed E-state index contributed by atoms with van der Waals surface area (Å²) in [7, 11) is 0. The molecule has 0 saturated heterocycles. The van der Waals surface area contributed by atoms with Gasteiger partial charge >= 0.3 is 0 Å². The van der Waals surface area contributed by atoms with Gasteiger partial charge in [-0.25, -0.2) is 0 Å². The molecule has 1 aromatic carbocycles. The number of aromatic nitrogens is 1. The number of nitrogens with zero attached hydrogens (tertiary/aromatic N) is 1. The second kappa shape index (κ2) is 6.00. The maximum Gasteiger partial charge on any atom is 0.265 e. The lowest BCUT2D eigenvalue weighted by molar-refractivity contribution is -0.122. The van der Waals surface area contributed by atoms with Crippen molar-refractivity contribution >= 4 is 11.6 Å². The number of hydrogen-bond donors (Lipinski definition) is 1. The summed E-state index contributed by atoms with van der Waals surface area (Å²) in [5.41, 5.74) is 1.86. The molecule has 0 bridgehead atoms. The van der Waals surface area contributed by atoms with Crippen LogP contribution in [0.3, 0.4) is 0 Å². The lowest BCUT2D eigenvalue weighted by Gasteiger charge is -2.14. The highest BCUT2D eigenvalue weighted by molar-refractivity contribution is 5.93. The van der Waals surface area contributed by atoms with Gasteiger partial charge in [-0.15, -0.1) is 0 Å². The Morgan fingerprint density at radius 1 is 1.16 bits per heavy atom. The Balaban J connectivity index is 1.94. The summed E-state index contributed by atoms with van der Waals surface area (Å²) in [6.45, 7) is 3.72. The maximum atomic E-state index is 11.9. The highest BCUT2D eigenvalue weighted by atomic mass is 16.5. The number of benzene rings is 1. The fourth-order valence-electron chi connectivity index (χ4n) is 1.55. The molecule has 0 spiro atoms. The smallest absolute Gasteiger partial charge is 0.265 e. The molecule has 2 rings (SSSR count). The SMILES string of the molecule is Cc1ccc(O[C@H](C)C(=O)Nc2ccncc2)cc1. The van der Waals surface area contributed by atoms with Gasteiger partial charge in [0.25, 0.3) is 5.91 Å². The number of hydrogen-bond acceptors (Lipinski definition) is 3. The zero-order valence-corrected chi connectivity index (χ0v) is 11.0. The van der Waals surface area contributed by atoms with Crippen molar-refractivity contribution in [3.63, 3.8) is 0 Å². The van der Waals surface area contributed by atoms with E-state index in [1.165, 1.54) is 0 Å². The fourth-order valence-corrected chi connectivity index (χ4v) is 1.55. The number of anilines is 1. The van der Waals surface area contributed by atoms with Crippen LogP contribution in [0.2, 0.25) is 0 Å². The monoisotopic (exact) mass is 256 g/mol. The Labute approximate surface area is 112 Å². The van der Waals surface area contributed by atoms with E-state index in [0.29, 0.717) is 11.4 Å². The minimum Gasteiger partial charge on any atom is -0.481 e. The van der Waals surface area contributed by atoms with Crippen LogP contribution in [0.25, 0.3) is 0 Å². The molecule has 0 aliphatic carbocycles. The number of ether oxygens (including phenoxy) is 1. The lowest BCUT2D eigenvalue weighted by Crippen LogP contribution is -2.30. The predicted molar refractivity (Wildman–Crippen MR) is 74.1 cm³/mol. The molecule has 1 heterocycles. The van der Waals surface area contributed by atoms with Crippen molar-refractivity contribution in [2.45, 2.75) is 20.0 Å². The number of nitrogens with one attached hydrogen (secondary N) is 1. The average Bonchev–Trinajstić information content (AvgIpc) is 2.42. The zero-order chi connectivity index (χ0) is 13.7. The zero-order valence-electron chi connectivity index (χ0n) is 11.0. The molecule has 0 saturated carbocycles. The fraction of sp³-hybridized carbons (Fsp3) is 0.200. The van der Waals surface area contributed by atoms with Crippen LogP contribution < -0.4 is 10.1 Å². The molecule has 19 heavy (non-hydrogen) atoms. The van der Waals surface area contributed by atoms with Gasteiger partial charge in [0.2, 0.25) is 0 Å². The van der Waals surface area contributed by atoms with E-state index in [4.69, 9.17) is 4.74 Å². The van der Waals surface area contributed by atoms with Crippen molar-refractivity contribution in [2.24, 2.45) is 0 Å². The van der Waals surface area contributed by atoms with Crippen LogP contribution >= 0.6 is 0 Å². The van der Waals surface area contributed by atoms with Gasteiger partial charge in [0.1, 0.15) is 5.75 Å². The summed E-state index contributed by atoms with van der Waals surface area (Å²) in [5.74, 6) is 0.495. The Morgan fingerprint density at radius 3 is 2.42 bits per heavy atom. The molecule has 0 fully saturated rings. The second-order valence-corrected chi connectivity index (χ2v) is 4.30. The topological polar surface area (TPSA) is 51.2 Å². The largest absolute Gasteiger partial charge is 0.481 e. The van der Waals surface area contributed by atoms with Crippen LogP contribution in [0.1, 0.15) is 12.5 Å². The number of amides is 1. The van der Waals surface area contributed by atoms with Crippen LogP contribution in [0.5, 0.6) is 5.75 Å². The van der Waals surface area contributed by atoms with E-state index in [1.54, 1.807) is 31.5 Å². The molecule has 1 N–H and O–H groups in total. The van der Waals surface area contributed by atoms with Crippen molar-refractivity contribution in [1.82, 2.24) is 4.98 Å². The molecule has 1 atom stereocenters. The third-order valence-electron chi connectivity index (χ3n) is 2.65. The second-order valence-electron chi connectivity index (χ2n) is 4.30. The number of pyridine rings is 1. The number of carbonyl (C=O) groups is 1. The van der Waals surface area contributed by atoms with E-state index in [-0.39, 0.29) is 5.91 Å². The highest BCUT2D eigenvalue weighted by Crippen LogP contribution is 2.14. The van der Waals surface area contributed by atoms with Gasteiger partial charge in [-0.2, -0.15) is 0 Å². The molecule has 98 valence electrons. The summed E-state index contributed by atoms with van der Waals surface area (Å²) in [4.78, 5) is 15.8. The van der Waals surface area contributed by atoms with Crippen LogP contribution in [0.15, 0.2) is 48.8 Å². The first-order valence-corrected chi connectivity index (χ1v) is 6.09. The third-order valence-corrected chi connectivity index (χ3v) is 2.65. The van der Waals surface area contributed by atoms with Gasteiger partial charge in [-0.3, -0.25) is 9.78 Å². The highest BCUT2D eigenvalue weighted by Gasteiger charge is 2.14. The lowest BCUT2D eigenvalue weighted by atomic mass is 10.2. The molecule has 0 radical (unpaired) electrons. The molecular weight excluding hydrogens is 240 g/mol. The van der Waals surface area contributed by atoms with Crippen molar-refractivity contribution in [2.75, 3.05) is 5.32 Å². The summed E-state index contributed by atoms with van der Waals surface area (Å²) >= 11 is 0. The van der Waals surface area contributed by atoms with Crippen LogP contribution in [-0.2, 0) is 4.79 Å². The molecule has 0 aliphatic rings. The normalized spacial score (nSPS) is 11.7. The average molecular weight is 256 g/mol. The van der Waals surface area contributed by atoms with Gasteiger partial charge in [0.15, 0.2) is 6.10 Å². The predicted octanol–water partition coefficient (Wildman–Crippen LogP) is 2.80. The van der Waals surface area contributed by atoms with E-state index in [2.05, 4.69) is 10.3 Å². The van der Waals surface area contributed by atoms with Crippen LogP contribution in [-0.4, -0.2) is 17.0 Å². The minimum absolute atomic E-state index is 0.188. The van der Waals surface area contributed by atoms with Crippen LogP contribution in [0, 0.1) is 6.92 Å². The molecule has 0 unspecified atom stereocenters.